The first-order valence-electron chi connectivity index (χ1n) is 8.53. The van der Waals surface area contributed by atoms with E-state index in [1.54, 1.807) is 12.3 Å². The fourth-order valence-corrected chi connectivity index (χ4v) is 3.20. The van der Waals surface area contributed by atoms with Crippen molar-refractivity contribution < 1.29 is 13.9 Å². The highest BCUT2D eigenvalue weighted by molar-refractivity contribution is 5.94. The van der Waals surface area contributed by atoms with E-state index in [-0.39, 0.29) is 5.91 Å². The molecule has 25 heavy (non-hydrogen) atoms. The van der Waals surface area contributed by atoms with Crippen molar-refractivity contribution >= 4 is 17.4 Å². The number of carbonyl (C=O) groups is 1. The van der Waals surface area contributed by atoms with Crippen LogP contribution in [0, 0.1) is 0 Å². The lowest BCUT2D eigenvalue weighted by molar-refractivity contribution is 0.0746. The van der Waals surface area contributed by atoms with Gasteiger partial charge in [0.2, 0.25) is 0 Å². The summed E-state index contributed by atoms with van der Waals surface area (Å²) in [6, 6.07) is 3.78. The van der Waals surface area contributed by atoms with Crippen molar-refractivity contribution in [2.45, 2.75) is 0 Å². The molecule has 0 bridgehead atoms. The smallest absolute Gasteiger partial charge is 0.257 e. The Bertz CT molecular complexity index is 707. The first-order valence-corrected chi connectivity index (χ1v) is 8.53. The quantitative estimate of drug-likeness (QED) is 0.818. The maximum Gasteiger partial charge on any atom is 0.257 e. The molecule has 1 amide bonds. The van der Waals surface area contributed by atoms with Gasteiger partial charge in [0.15, 0.2) is 5.82 Å². The number of hydrogen-bond acceptors (Lipinski definition) is 7. The van der Waals surface area contributed by atoms with Gasteiger partial charge in [-0.2, -0.15) is 5.10 Å². The molecule has 4 heterocycles. The summed E-state index contributed by atoms with van der Waals surface area (Å²) in [5.74, 6) is 0.910. The number of morpholine rings is 1. The van der Waals surface area contributed by atoms with Crippen molar-refractivity contribution in [2.75, 3.05) is 62.3 Å². The van der Waals surface area contributed by atoms with Crippen LogP contribution in [0.2, 0.25) is 0 Å². The number of nitrogens with zero attached hydrogens (tertiary/aromatic N) is 5. The lowest BCUT2D eigenvalue weighted by Gasteiger charge is -2.36. The molecule has 4 rings (SSSR count). The summed E-state index contributed by atoms with van der Waals surface area (Å²) in [6.07, 6.45) is 4.81. The van der Waals surface area contributed by atoms with Crippen LogP contribution < -0.4 is 9.80 Å². The Morgan fingerprint density at radius 1 is 1.04 bits per heavy atom. The zero-order valence-electron chi connectivity index (χ0n) is 14.0. The molecule has 0 unspecified atom stereocenters. The van der Waals surface area contributed by atoms with Crippen LogP contribution in [0.3, 0.4) is 0 Å². The van der Waals surface area contributed by atoms with Crippen LogP contribution in [0.1, 0.15) is 10.4 Å². The molecule has 2 fully saturated rings. The normalized spacial score (nSPS) is 18.5. The molecule has 0 radical (unpaired) electrons. The van der Waals surface area contributed by atoms with E-state index in [1.165, 1.54) is 12.5 Å². The standard InChI is InChI=1S/C17H21N5O3/c23-17(14-1-8-25-13-14)22-4-2-20(3-5-22)15-11-16(19-18-12-15)21-6-9-24-10-7-21/h1,8,11-13H,2-7,9-10H2. The fraction of sp³-hybridized carbons (Fsp3) is 0.471. The van der Waals surface area contributed by atoms with E-state index in [4.69, 9.17) is 9.15 Å². The minimum Gasteiger partial charge on any atom is -0.472 e. The fourth-order valence-electron chi connectivity index (χ4n) is 3.20. The first kappa shape index (κ1) is 15.9. The van der Waals surface area contributed by atoms with Crippen molar-refractivity contribution in [3.8, 4) is 0 Å². The molecular formula is C17H21N5O3. The van der Waals surface area contributed by atoms with Crippen LogP contribution in [-0.2, 0) is 4.74 Å². The summed E-state index contributed by atoms with van der Waals surface area (Å²) < 4.78 is 10.4. The van der Waals surface area contributed by atoms with E-state index in [1.807, 2.05) is 4.90 Å². The van der Waals surface area contributed by atoms with Crippen LogP contribution in [0.15, 0.2) is 35.3 Å². The molecule has 0 aromatic carbocycles. The van der Waals surface area contributed by atoms with Crippen molar-refractivity contribution in [3.05, 3.63) is 36.4 Å². The Hall–Kier alpha value is -2.61. The number of anilines is 2. The number of hydrogen-bond donors (Lipinski definition) is 0. The molecule has 2 aromatic rings. The molecule has 8 nitrogen and oxygen atoms in total. The third kappa shape index (κ3) is 3.43. The number of rotatable bonds is 3. The van der Waals surface area contributed by atoms with Gasteiger partial charge in [-0.05, 0) is 6.07 Å². The third-order valence-corrected chi connectivity index (χ3v) is 4.66. The molecule has 2 saturated heterocycles. The summed E-state index contributed by atoms with van der Waals surface area (Å²) in [6.45, 7) is 6.03. The van der Waals surface area contributed by atoms with Crippen molar-refractivity contribution in [1.82, 2.24) is 15.1 Å². The maximum absolute atomic E-state index is 12.4. The Morgan fingerprint density at radius 3 is 2.56 bits per heavy atom. The second-order valence-corrected chi connectivity index (χ2v) is 6.16. The molecule has 2 aliphatic heterocycles. The number of aromatic nitrogens is 2. The highest BCUT2D eigenvalue weighted by Gasteiger charge is 2.24. The topological polar surface area (TPSA) is 74.9 Å². The van der Waals surface area contributed by atoms with Gasteiger partial charge in [0.05, 0.1) is 36.9 Å². The molecule has 0 atom stereocenters. The number of piperazine rings is 1. The van der Waals surface area contributed by atoms with Gasteiger partial charge in [-0.25, -0.2) is 0 Å². The molecule has 8 heteroatoms. The molecule has 0 aliphatic carbocycles. The number of furan rings is 1. The van der Waals surface area contributed by atoms with Crippen molar-refractivity contribution in [2.24, 2.45) is 0 Å². The van der Waals surface area contributed by atoms with Crippen molar-refractivity contribution in [3.63, 3.8) is 0 Å². The largest absolute Gasteiger partial charge is 0.472 e. The molecule has 0 spiro atoms. The van der Waals surface area contributed by atoms with Crippen molar-refractivity contribution in [1.29, 1.82) is 0 Å². The molecule has 0 saturated carbocycles. The maximum atomic E-state index is 12.4. The van der Waals surface area contributed by atoms with Gasteiger partial charge in [-0.3, -0.25) is 4.79 Å². The number of carbonyl (C=O) groups excluding carboxylic acids is 1. The highest BCUT2D eigenvalue weighted by atomic mass is 16.5. The Kier molecular flexibility index (Phi) is 4.51. The summed E-state index contributed by atoms with van der Waals surface area (Å²) in [7, 11) is 0. The van der Waals surface area contributed by atoms with Gasteiger partial charge in [0, 0.05) is 45.3 Å². The van der Waals surface area contributed by atoms with E-state index in [0.29, 0.717) is 18.7 Å². The highest BCUT2D eigenvalue weighted by Crippen LogP contribution is 2.21. The third-order valence-electron chi connectivity index (χ3n) is 4.66. The predicted molar refractivity (Wildman–Crippen MR) is 91.9 cm³/mol. The van der Waals surface area contributed by atoms with Gasteiger partial charge in [0.1, 0.15) is 6.26 Å². The number of amides is 1. The summed E-state index contributed by atoms with van der Waals surface area (Å²) in [5, 5.41) is 8.42. The van der Waals surface area contributed by atoms with E-state index in [0.717, 1.165) is 50.9 Å². The molecule has 2 aromatic heterocycles. The molecule has 132 valence electrons. The average molecular weight is 343 g/mol. The van der Waals surface area contributed by atoms with Crippen LogP contribution in [-0.4, -0.2) is 73.5 Å². The van der Waals surface area contributed by atoms with Gasteiger partial charge in [-0.1, -0.05) is 0 Å². The minimum atomic E-state index is 0.0234. The van der Waals surface area contributed by atoms with E-state index >= 15 is 0 Å². The van der Waals surface area contributed by atoms with E-state index < -0.39 is 0 Å². The summed E-state index contributed by atoms with van der Waals surface area (Å²) in [5.41, 5.74) is 1.65. The lowest BCUT2D eigenvalue weighted by Crippen LogP contribution is -2.48. The minimum absolute atomic E-state index is 0.0234. The van der Waals surface area contributed by atoms with Gasteiger partial charge in [0.25, 0.3) is 5.91 Å². The van der Waals surface area contributed by atoms with Crippen LogP contribution in [0.5, 0.6) is 0 Å². The van der Waals surface area contributed by atoms with Crippen LogP contribution in [0.4, 0.5) is 11.5 Å². The summed E-state index contributed by atoms with van der Waals surface area (Å²) >= 11 is 0. The van der Waals surface area contributed by atoms with E-state index in [9.17, 15) is 4.79 Å². The zero-order valence-corrected chi connectivity index (χ0v) is 14.0. The zero-order chi connectivity index (χ0) is 17.1. The van der Waals surface area contributed by atoms with Crippen LogP contribution in [0.25, 0.3) is 0 Å². The predicted octanol–water partition coefficient (Wildman–Crippen LogP) is 0.869. The number of ether oxygens (including phenoxy) is 1. The second kappa shape index (κ2) is 7.10. The first-order chi connectivity index (χ1) is 12.3. The molecular weight excluding hydrogens is 322 g/mol. The summed E-state index contributed by atoms with van der Waals surface area (Å²) in [4.78, 5) is 18.7. The Labute approximate surface area is 146 Å². The van der Waals surface area contributed by atoms with Crippen LogP contribution >= 0.6 is 0 Å². The monoisotopic (exact) mass is 343 g/mol. The Morgan fingerprint density at radius 2 is 1.84 bits per heavy atom. The lowest BCUT2D eigenvalue weighted by atomic mass is 10.2. The second-order valence-electron chi connectivity index (χ2n) is 6.16. The molecule has 0 N–H and O–H groups in total. The van der Waals surface area contributed by atoms with Gasteiger partial charge < -0.3 is 23.9 Å². The molecule has 2 aliphatic rings. The average Bonchev–Trinajstić information content (AvgIpc) is 3.23. The Balaban J connectivity index is 1.40. The van der Waals surface area contributed by atoms with Gasteiger partial charge >= 0.3 is 0 Å². The SMILES string of the molecule is O=C(c1ccoc1)N1CCN(c2cnnc(N3CCOCC3)c2)CC1. The van der Waals surface area contributed by atoms with E-state index in [2.05, 4.69) is 26.1 Å². The van der Waals surface area contributed by atoms with Gasteiger partial charge in [-0.15, -0.1) is 5.10 Å².